The predicted molar refractivity (Wildman–Crippen MR) is 117 cm³/mol. The van der Waals surface area contributed by atoms with Gasteiger partial charge < -0.3 is 14.2 Å². The summed E-state index contributed by atoms with van der Waals surface area (Å²) < 4.78 is 16.3. The van der Waals surface area contributed by atoms with Crippen LogP contribution >= 0.6 is 11.6 Å². The third-order valence-electron chi connectivity index (χ3n) is 4.26. The Hall–Kier alpha value is -3.51. The van der Waals surface area contributed by atoms with Gasteiger partial charge in [0.05, 0.1) is 20.4 Å². The predicted octanol–water partition coefficient (Wildman–Crippen LogP) is 4.70. The molecule has 0 heterocycles. The van der Waals surface area contributed by atoms with E-state index in [0.29, 0.717) is 34.4 Å². The molecule has 3 rings (SSSR count). The van der Waals surface area contributed by atoms with Crippen LogP contribution in [0.4, 0.5) is 0 Å². The molecule has 0 fully saturated rings. The Labute approximate surface area is 180 Å². The number of nitrogens with one attached hydrogen (secondary N) is 1. The number of carbonyl (C=O) groups is 1. The Balaban J connectivity index is 1.62. The van der Waals surface area contributed by atoms with Crippen LogP contribution in [0.3, 0.4) is 0 Å². The quantitative estimate of drug-likeness (QED) is 0.420. The SMILES string of the molecule is COc1ccc(C(=O)N/N=C/c2ccc(OCc3ccccc3Cl)c(OC)c2)cc1. The molecule has 0 aliphatic carbocycles. The van der Waals surface area contributed by atoms with Crippen molar-refractivity contribution in [3.8, 4) is 17.2 Å². The minimum absolute atomic E-state index is 0.319. The van der Waals surface area contributed by atoms with Crippen molar-refractivity contribution < 1.29 is 19.0 Å². The van der Waals surface area contributed by atoms with Crippen LogP contribution in [0.15, 0.2) is 71.8 Å². The highest BCUT2D eigenvalue weighted by molar-refractivity contribution is 6.31. The Bertz CT molecular complexity index is 1040. The van der Waals surface area contributed by atoms with Gasteiger partial charge >= 0.3 is 0 Å². The van der Waals surface area contributed by atoms with Crippen LogP contribution in [0, 0.1) is 0 Å². The fraction of sp³-hybridized carbons (Fsp3) is 0.130. The van der Waals surface area contributed by atoms with E-state index in [9.17, 15) is 4.79 Å². The van der Waals surface area contributed by atoms with Gasteiger partial charge in [-0.25, -0.2) is 5.43 Å². The van der Waals surface area contributed by atoms with Gasteiger partial charge in [0.1, 0.15) is 12.4 Å². The lowest BCUT2D eigenvalue weighted by molar-refractivity contribution is 0.0955. The molecule has 0 bridgehead atoms. The van der Waals surface area contributed by atoms with Crippen molar-refractivity contribution in [3.05, 3.63) is 88.4 Å². The van der Waals surface area contributed by atoms with Crippen LogP contribution in [0.25, 0.3) is 0 Å². The monoisotopic (exact) mass is 424 g/mol. The molecule has 0 aliphatic heterocycles. The summed E-state index contributed by atoms with van der Waals surface area (Å²) in [7, 11) is 3.13. The molecule has 3 aromatic rings. The number of amides is 1. The zero-order valence-corrected chi connectivity index (χ0v) is 17.3. The number of hydrazone groups is 1. The topological polar surface area (TPSA) is 69.2 Å². The van der Waals surface area contributed by atoms with E-state index in [2.05, 4.69) is 10.5 Å². The van der Waals surface area contributed by atoms with E-state index in [1.54, 1.807) is 50.6 Å². The van der Waals surface area contributed by atoms with Crippen molar-refractivity contribution in [2.24, 2.45) is 5.10 Å². The highest BCUT2D eigenvalue weighted by Crippen LogP contribution is 2.29. The molecule has 154 valence electrons. The molecular weight excluding hydrogens is 404 g/mol. The summed E-state index contributed by atoms with van der Waals surface area (Å²) >= 11 is 6.16. The van der Waals surface area contributed by atoms with Crippen molar-refractivity contribution in [3.63, 3.8) is 0 Å². The smallest absolute Gasteiger partial charge is 0.271 e. The molecular formula is C23H21ClN2O4. The fourth-order valence-electron chi connectivity index (χ4n) is 2.63. The third-order valence-corrected chi connectivity index (χ3v) is 4.63. The van der Waals surface area contributed by atoms with Crippen molar-refractivity contribution in [1.29, 1.82) is 0 Å². The number of hydrogen-bond acceptors (Lipinski definition) is 5. The van der Waals surface area contributed by atoms with Crippen LogP contribution < -0.4 is 19.6 Å². The maximum absolute atomic E-state index is 12.1. The number of halogens is 1. The molecule has 6 nitrogen and oxygen atoms in total. The van der Waals surface area contributed by atoms with E-state index in [1.807, 2.05) is 30.3 Å². The highest BCUT2D eigenvalue weighted by Gasteiger charge is 2.08. The molecule has 0 aromatic heterocycles. The molecule has 0 aliphatic rings. The normalized spacial score (nSPS) is 10.6. The largest absolute Gasteiger partial charge is 0.497 e. The van der Waals surface area contributed by atoms with Crippen LogP contribution in [-0.4, -0.2) is 26.3 Å². The molecule has 0 spiro atoms. The van der Waals surface area contributed by atoms with Crippen molar-refractivity contribution in [1.82, 2.24) is 5.43 Å². The Morgan fingerprint density at radius 1 is 1.00 bits per heavy atom. The Kier molecular flexibility index (Phi) is 7.29. The molecule has 0 unspecified atom stereocenters. The Morgan fingerprint density at radius 2 is 1.77 bits per heavy atom. The molecule has 3 aromatic carbocycles. The molecule has 1 amide bonds. The fourth-order valence-corrected chi connectivity index (χ4v) is 2.82. The average molecular weight is 425 g/mol. The number of ether oxygens (including phenoxy) is 3. The van der Waals surface area contributed by atoms with Crippen LogP contribution in [0.5, 0.6) is 17.2 Å². The number of nitrogens with zero attached hydrogens (tertiary/aromatic N) is 1. The standard InChI is InChI=1S/C23H21ClN2O4/c1-28-19-10-8-17(9-11-19)23(27)26-25-14-16-7-12-21(22(13-16)29-2)30-15-18-5-3-4-6-20(18)24/h3-14H,15H2,1-2H3,(H,26,27)/b25-14+. The van der Waals surface area contributed by atoms with E-state index in [4.69, 9.17) is 25.8 Å². The van der Waals surface area contributed by atoms with Crippen molar-refractivity contribution in [2.75, 3.05) is 14.2 Å². The lowest BCUT2D eigenvalue weighted by Gasteiger charge is -2.12. The molecule has 0 saturated heterocycles. The van der Waals surface area contributed by atoms with Gasteiger partial charge in [0, 0.05) is 16.1 Å². The molecule has 1 N–H and O–H groups in total. The van der Waals surface area contributed by atoms with E-state index in [1.165, 1.54) is 6.21 Å². The minimum atomic E-state index is -0.319. The first-order valence-corrected chi connectivity index (χ1v) is 9.50. The third kappa shape index (κ3) is 5.52. The molecule has 0 saturated carbocycles. The molecule has 30 heavy (non-hydrogen) atoms. The summed E-state index contributed by atoms with van der Waals surface area (Å²) in [5.74, 6) is 1.49. The molecule has 0 radical (unpaired) electrons. The van der Waals surface area contributed by atoms with Gasteiger partial charge in [-0.05, 0) is 54.1 Å². The maximum Gasteiger partial charge on any atom is 0.271 e. The lowest BCUT2D eigenvalue weighted by Crippen LogP contribution is -2.17. The second kappa shape index (κ2) is 10.3. The van der Waals surface area contributed by atoms with Crippen molar-refractivity contribution in [2.45, 2.75) is 6.61 Å². The summed E-state index contributed by atoms with van der Waals surface area (Å²) in [5.41, 5.74) is 4.60. The maximum atomic E-state index is 12.1. The van der Waals surface area contributed by atoms with E-state index in [-0.39, 0.29) is 5.91 Å². The van der Waals surface area contributed by atoms with Gasteiger partial charge in [-0.2, -0.15) is 5.10 Å². The van der Waals surface area contributed by atoms with Crippen LogP contribution in [0.2, 0.25) is 5.02 Å². The number of rotatable bonds is 8. The van der Waals surface area contributed by atoms with Gasteiger partial charge in [0.25, 0.3) is 5.91 Å². The number of benzene rings is 3. The van der Waals surface area contributed by atoms with Crippen molar-refractivity contribution >= 4 is 23.7 Å². The summed E-state index contributed by atoms with van der Waals surface area (Å²) in [4.78, 5) is 12.1. The highest BCUT2D eigenvalue weighted by atomic mass is 35.5. The zero-order chi connectivity index (χ0) is 21.3. The summed E-state index contributed by atoms with van der Waals surface area (Å²) in [6.45, 7) is 0.321. The minimum Gasteiger partial charge on any atom is -0.497 e. The molecule has 7 heteroatoms. The molecule has 0 atom stereocenters. The summed E-state index contributed by atoms with van der Waals surface area (Å²) in [5, 5.41) is 4.65. The summed E-state index contributed by atoms with van der Waals surface area (Å²) in [6.07, 6.45) is 1.53. The van der Waals surface area contributed by atoms with E-state index < -0.39 is 0 Å². The lowest BCUT2D eigenvalue weighted by atomic mass is 10.2. The van der Waals surface area contributed by atoms with Gasteiger partial charge in [0.15, 0.2) is 11.5 Å². The Morgan fingerprint density at radius 3 is 2.47 bits per heavy atom. The van der Waals surface area contributed by atoms with Crippen LogP contribution in [0.1, 0.15) is 21.5 Å². The van der Waals surface area contributed by atoms with Crippen LogP contribution in [-0.2, 0) is 6.61 Å². The first kappa shape index (κ1) is 21.2. The van der Waals surface area contributed by atoms with Gasteiger partial charge in [-0.3, -0.25) is 4.79 Å². The van der Waals surface area contributed by atoms with Gasteiger partial charge in [-0.1, -0.05) is 29.8 Å². The average Bonchev–Trinajstić information content (AvgIpc) is 2.79. The number of carbonyl (C=O) groups excluding carboxylic acids is 1. The second-order valence-corrected chi connectivity index (χ2v) is 6.63. The first-order valence-electron chi connectivity index (χ1n) is 9.12. The van der Waals surface area contributed by atoms with Gasteiger partial charge in [0.2, 0.25) is 0 Å². The second-order valence-electron chi connectivity index (χ2n) is 6.22. The number of methoxy groups -OCH3 is 2. The van der Waals surface area contributed by atoms with E-state index >= 15 is 0 Å². The first-order chi connectivity index (χ1) is 14.6. The van der Waals surface area contributed by atoms with Gasteiger partial charge in [-0.15, -0.1) is 0 Å². The zero-order valence-electron chi connectivity index (χ0n) is 16.6. The van der Waals surface area contributed by atoms with E-state index in [0.717, 1.165) is 11.1 Å². The number of hydrogen-bond donors (Lipinski definition) is 1. The summed E-state index contributed by atoms with van der Waals surface area (Å²) in [6, 6.07) is 19.6.